The minimum absolute atomic E-state index is 0.0916. The van der Waals surface area contributed by atoms with Gasteiger partial charge in [-0.1, -0.05) is 48.2 Å². The SMILES string of the molecule is CN(CCOCCN1c2ccccc2Sc2ccccc21)C(CCO)C(=O)NCc1ccc(F)cc1. The molecular weight excluding hydrogens is 477 g/mol. The van der Waals surface area contributed by atoms with Crippen LogP contribution in [0.15, 0.2) is 82.6 Å². The topological polar surface area (TPSA) is 65.0 Å². The van der Waals surface area contributed by atoms with Crippen molar-refractivity contribution in [2.24, 2.45) is 0 Å². The van der Waals surface area contributed by atoms with Gasteiger partial charge in [-0.15, -0.1) is 0 Å². The van der Waals surface area contributed by atoms with E-state index in [9.17, 15) is 14.3 Å². The summed E-state index contributed by atoms with van der Waals surface area (Å²) in [5.74, 6) is -0.481. The number of para-hydroxylation sites is 2. The molecule has 1 aliphatic heterocycles. The number of aliphatic hydroxyl groups excluding tert-OH is 1. The number of amides is 1. The highest BCUT2D eigenvalue weighted by molar-refractivity contribution is 7.99. The van der Waals surface area contributed by atoms with Crippen LogP contribution < -0.4 is 10.2 Å². The molecule has 0 radical (unpaired) electrons. The van der Waals surface area contributed by atoms with E-state index in [0.717, 1.165) is 12.1 Å². The summed E-state index contributed by atoms with van der Waals surface area (Å²) in [6.45, 7) is 2.50. The largest absolute Gasteiger partial charge is 0.396 e. The maximum Gasteiger partial charge on any atom is 0.237 e. The molecule has 0 spiro atoms. The Hall–Kier alpha value is -2.91. The predicted octanol–water partition coefficient (Wildman–Crippen LogP) is 4.44. The fraction of sp³-hybridized carbons (Fsp3) is 0.321. The van der Waals surface area contributed by atoms with Crippen molar-refractivity contribution in [2.45, 2.75) is 28.8 Å². The number of anilines is 2. The number of carbonyl (C=O) groups is 1. The molecule has 2 N–H and O–H groups in total. The van der Waals surface area contributed by atoms with Crippen molar-refractivity contribution < 1.29 is 19.0 Å². The molecule has 0 saturated heterocycles. The summed E-state index contributed by atoms with van der Waals surface area (Å²) in [6.07, 6.45) is 0.324. The van der Waals surface area contributed by atoms with Crippen LogP contribution in [0, 0.1) is 5.82 Å². The monoisotopic (exact) mass is 509 g/mol. The molecule has 6 nitrogen and oxygen atoms in total. The minimum Gasteiger partial charge on any atom is -0.396 e. The average Bonchev–Trinajstić information content (AvgIpc) is 2.90. The summed E-state index contributed by atoms with van der Waals surface area (Å²) in [6, 6.07) is 22.3. The van der Waals surface area contributed by atoms with Crippen LogP contribution in [-0.4, -0.2) is 61.9 Å². The highest BCUT2D eigenvalue weighted by atomic mass is 32.2. The van der Waals surface area contributed by atoms with E-state index in [0.29, 0.717) is 32.7 Å². The number of carbonyl (C=O) groups excluding carboxylic acids is 1. The highest BCUT2D eigenvalue weighted by Gasteiger charge is 2.24. The third kappa shape index (κ3) is 6.64. The van der Waals surface area contributed by atoms with Gasteiger partial charge in [0.05, 0.1) is 30.6 Å². The van der Waals surface area contributed by atoms with Gasteiger partial charge in [0.15, 0.2) is 0 Å². The number of ether oxygens (including phenoxy) is 1. The number of halogens is 1. The molecule has 3 aromatic carbocycles. The van der Waals surface area contributed by atoms with Crippen molar-refractivity contribution in [2.75, 3.05) is 44.9 Å². The average molecular weight is 510 g/mol. The van der Waals surface area contributed by atoms with Crippen LogP contribution in [0.5, 0.6) is 0 Å². The van der Waals surface area contributed by atoms with Gasteiger partial charge in [-0.05, 0) is 55.4 Å². The predicted molar refractivity (Wildman–Crippen MR) is 141 cm³/mol. The Labute approximate surface area is 216 Å². The van der Waals surface area contributed by atoms with E-state index in [1.54, 1.807) is 23.9 Å². The molecular formula is C28H32FN3O3S. The summed E-state index contributed by atoms with van der Waals surface area (Å²) < 4.78 is 19.1. The number of hydrogen-bond donors (Lipinski definition) is 2. The van der Waals surface area contributed by atoms with Gasteiger partial charge in [-0.25, -0.2) is 4.39 Å². The maximum absolute atomic E-state index is 13.1. The number of nitrogens with zero attached hydrogens (tertiary/aromatic N) is 2. The maximum atomic E-state index is 13.1. The van der Waals surface area contributed by atoms with Crippen LogP contribution in [0.3, 0.4) is 0 Å². The lowest BCUT2D eigenvalue weighted by Crippen LogP contribution is -2.46. The quantitative estimate of drug-likeness (QED) is 0.352. The molecule has 0 aliphatic carbocycles. The normalized spacial score (nSPS) is 13.3. The van der Waals surface area contributed by atoms with Crippen LogP contribution >= 0.6 is 11.8 Å². The van der Waals surface area contributed by atoms with E-state index in [1.807, 2.05) is 11.9 Å². The van der Waals surface area contributed by atoms with Gasteiger partial charge in [0.25, 0.3) is 0 Å². The Morgan fingerprint density at radius 1 is 1.03 bits per heavy atom. The fourth-order valence-electron chi connectivity index (χ4n) is 4.23. The molecule has 8 heteroatoms. The van der Waals surface area contributed by atoms with Gasteiger partial charge in [0, 0.05) is 36.0 Å². The molecule has 1 atom stereocenters. The number of rotatable bonds is 12. The van der Waals surface area contributed by atoms with Crippen molar-refractivity contribution >= 4 is 29.0 Å². The number of aliphatic hydroxyl groups is 1. The number of fused-ring (bicyclic) bond motifs is 2. The highest BCUT2D eigenvalue weighted by Crippen LogP contribution is 2.47. The van der Waals surface area contributed by atoms with E-state index in [4.69, 9.17) is 4.74 Å². The van der Waals surface area contributed by atoms with Gasteiger partial charge in [-0.2, -0.15) is 0 Å². The lowest BCUT2D eigenvalue weighted by atomic mass is 10.1. The van der Waals surface area contributed by atoms with Crippen LogP contribution in [0.4, 0.5) is 15.8 Å². The molecule has 4 rings (SSSR count). The second-order valence-corrected chi connectivity index (χ2v) is 9.74. The Kier molecular flexibility index (Phi) is 9.35. The second kappa shape index (κ2) is 12.9. The zero-order valence-corrected chi connectivity index (χ0v) is 21.2. The standard InChI is InChI=1S/C28H32FN3O3S/c1-31(25(14-17-33)28(34)30-20-21-10-12-22(29)13-11-21)15-18-35-19-16-32-23-6-2-4-8-26(23)36-27-9-5-3-7-24(27)32/h2-13,25,33H,14-20H2,1H3,(H,30,34). The summed E-state index contributed by atoms with van der Waals surface area (Å²) in [5.41, 5.74) is 3.18. The van der Waals surface area contributed by atoms with E-state index in [-0.39, 0.29) is 18.3 Å². The van der Waals surface area contributed by atoms with Crippen LogP contribution in [0.2, 0.25) is 0 Å². The molecule has 1 amide bonds. The second-order valence-electron chi connectivity index (χ2n) is 8.65. The van der Waals surface area contributed by atoms with Crippen LogP contribution in [0.1, 0.15) is 12.0 Å². The lowest BCUT2D eigenvalue weighted by Gasteiger charge is -2.32. The molecule has 190 valence electrons. The van der Waals surface area contributed by atoms with Crippen molar-refractivity contribution in [1.82, 2.24) is 10.2 Å². The van der Waals surface area contributed by atoms with E-state index in [2.05, 4.69) is 58.7 Å². The Morgan fingerprint density at radius 3 is 2.31 bits per heavy atom. The molecule has 1 heterocycles. The van der Waals surface area contributed by atoms with Gasteiger partial charge in [0.2, 0.25) is 5.91 Å². The number of hydrogen-bond acceptors (Lipinski definition) is 6. The number of nitrogens with one attached hydrogen (secondary N) is 1. The summed E-state index contributed by atoms with van der Waals surface area (Å²) >= 11 is 1.78. The van der Waals surface area contributed by atoms with Gasteiger partial charge in [-0.3, -0.25) is 9.69 Å². The third-order valence-electron chi connectivity index (χ3n) is 6.20. The summed E-state index contributed by atoms with van der Waals surface area (Å²) in [7, 11) is 1.86. The Balaban J connectivity index is 1.26. The molecule has 0 saturated carbocycles. The van der Waals surface area contributed by atoms with Gasteiger partial charge < -0.3 is 20.1 Å². The molecule has 0 bridgehead atoms. The molecule has 0 fully saturated rings. The molecule has 0 aromatic heterocycles. The molecule has 3 aromatic rings. The first-order valence-electron chi connectivity index (χ1n) is 12.1. The van der Waals surface area contributed by atoms with Crippen molar-refractivity contribution in [3.05, 3.63) is 84.2 Å². The van der Waals surface area contributed by atoms with Crippen LogP contribution in [0.25, 0.3) is 0 Å². The molecule has 36 heavy (non-hydrogen) atoms. The Morgan fingerprint density at radius 2 is 1.67 bits per heavy atom. The molecule has 1 aliphatic rings. The van der Waals surface area contributed by atoms with Gasteiger partial charge in [0.1, 0.15) is 5.82 Å². The Bertz CT molecular complexity index is 1100. The van der Waals surface area contributed by atoms with E-state index < -0.39 is 6.04 Å². The summed E-state index contributed by atoms with van der Waals surface area (Å²) in [5, 5.41) is 12.4. The first-order valence-corrected chi connectivity index (χ1v) is 12.9. The smallest absolute Gasteiger partial charge is 0.237 e. The van der Waals surface area contributed by atoms with E-state index in [1.165, 1.54) is 33.3 Å². The zero-order valence-electron chi connectivity index (χ0n) is 20.4. The summed E-state index contributed by atoms with van der Waals surface area (Å²) in [4.78, 5) is 19.4. The molecule has 1 unspecified atom stereocenters. The third-order valence-corrected chi connectivity index (χ3v) is 7.33. The van der Waals surface area contributed by atoms with Crippen LogP contribution in [-0.2, 0) is 16.1 Å². The van der Waals surface area contributed by atoms with Crippen molar-refractivity contribution in [3.8, 4) is 0 Å². The van der Waals surface area contributed by atoms with Crippen molar-refractivity contribution in [1.29, 1.82) is 0 Å². The zero-order chi connectivity index (χ0) is 25.3. The lowest BCUT2D eigenvalue weighted by molar-refractivity contribution is -0.127. The van der Waals surface area contributed by atoms with E-state index >= 15 is 0 Å². The van der Waals surface area contributed by atoms with Crippen molar-refractivity contribution in [3.63, 3.8) is 0 Å². The first-order chi connectivity index (χ1) is 17.6. The minimum atomic E-state index is -0.475. The number of benzene rings is 3. The number of likely N-dealkylation sites (N-methyl/N-ethyl adjacent to an activating group) is 1. The fourth-order valence-corrected chi connectivity index (χ4v) is 5.32. The first kappa shape index (κ1) is 26.2. The van der Waals surface area contributed by atoms with Gasteiger partial charge >= 0.3 is 0 Å².